The van der Waals surface area contributed by atoms with Crippen LogP contribution < -0.4 is 4.90 Å². The first kappa shape index (κ1) is 24.8. The van der Waals surface area contributed by atoms with Gasteiger partial charge in [0, 0.05) is 13.1 Å². The SMILES string of the molecule is Cc1cc(N2CCCC2)c(F)cc1/C=C1\SC(=Nc2ccccc2)N(Cc2ccc(C(=O)O)cc2)C1=O. The Labute approximate surface area is 219 Å². The molecule has 2 saturated heterocycles. The Bertz CT molecular complexity index is 1400. The van der Waals surface area contributed by atoms with E-state index in [1.54, 1.807) is 23.1 Å². The number of para-hydroxylation sites is 1. The van der Waals surface area contributed by atoms with Crippen molar-refractivity contribution >= 4 is 46.3 Å². The number of aliphatic imine (C=N–C) groups is 1. The van der Waals surface area contributed by atoms with E-state index in [1.165, 1.54) is 30.0 Å². The van der Waals surface area contributed by atoms with Crippen molar-refractivity contribution in [2.24, 2.45) is 4.99 Å². The number of rotatable bonds is 6. The van der Waals surface area contributed by atoms with Gasteiger partial charge in [0.05, 0.1) is 28.4 Å². The average Bonchev–Trinajstić information content (AvgIpc) is 3.52. The molecule has 2 aliphatic heterocycles. The van der Waals surface area contributed by atoms with Gasteiger partial charge in [-0.3, -0.25) is 9.69 Å². The first-order valence-electron chi connectivity index (χ1n) is 12.1. The van der Waals surface area contributed by atoms with Crippen molar-refractivity contribution < 1.29 is 19.1 Å². The largest absolute Gasteiger partial charge is 0.478 e. The standard InChI is InChI=1S/C29H26FN3O3S/c1-19-15-25(32-13-5-6-14-32)24(30)16-22(19)17-26-27(34)33(18-20-9-11-21(12-10-20)28(35)36)29(37-26)31-23-7-3-2-4-8-23/h2-4,7-12,15-17H,5-6,13-14,18H2,1H3,(H,35,36)/b26-17-,31-29?. The highest BCUT2D eigenvalue weighted by atomic mass is 32.2. The highest BCUT2D eigenvalue weighted by Crippen LogP contribution is 2.36. The predicted molar refractivity (Wildman–Crippen MR) is 146 cm³/mol. The Morgan fingerprint density at radius 1 is 1.08 bits per heavy atom. The second kappa shape index (κ2) is 10.6. The fourth-order valence-corrected chi connectivity index (χ4v) is 5.45. The quantitative estimate of drug-likeness (QED) is 0.394. The van der Waals surface area contributed by atoms with Gasteiger partial charge in [-0.1, -0.05) is 30.3 Å². The van der Waals surface area contributed by atoms with E-state index in [-0.39, 0.29) is 23.8 Å². The summed E-state index contributed by atoms with van der Waals surface area (Å²) in [5.41, 5.74) is 3.83. The number of carbonyl (C=O) groups is 2. The number of aromatic carboxylic acids is 1. The summed E-state index contributed by atoms with van der Waals surface area (Å²) in [6, 6.07) is 19.2. The van der Waals surface area contributed by atoms with Crippen molar-refractivity contribution in [1.82, 2.24) is 4.90 Å². The van der Waals surface area contributed by atoms with Gasteiger partial charge in [0.15, 0.2) is 5.17 Å². The molecule has 0 bridgehead atoms. The van der Waals surface area contributed by atoms with Crippen molar-refractivity contribution in [1.29, 1.82) is 0 Å². The second-order valence-electron chi connectivity index (χ2n) is 9.09. The van der Waals surface area contributed by atoms with Crippen molar-refractivity contribution in [2.45, 2.75) is 26.3 Å². The smallest absolute Gasteiger partial charge is 0.335 e. The molecule has 3 aromatic rings. The van der Waals surface area contributed by atoms with Crippen molar-refractivity contribution in [3.05, 3.63) is 99.7 Å². The van der Waals surface area contributed by atoms with Gasteiger partial charge in [-0.15, -0.1) is 0 Å². The van der Waals surface area contributed by atoms with E-state index < -0.39 is 5.97 Å². The molecule has 1 amide bonds. The number of nitrogens with zero attached hydrogens (tertiary/aromatic N) is 3. The number of carbonyl (C=O) groups excluding carboxylic acids is 1. The van der Waals surface area contributed by atoms with Gasteiger partial charge in [-0.25, -0.2) is 14.2 Å². The molecule has 6 nitrogen and oxygen atoms in total. The maximum atomic E-state index is 15.0. The van der Waals surface area contributed by atoms with Gasteiger partial charge in [0.25, 0.3) is 5.91 Å². The Kier molecular flexibility index (Phi) is 7.10. The van der Waals surface area contributed by atoms with E-state index in [1.807, 2.05) is 43.3 Å². The zero-order valence-electron chi connectivity index (χ0n) is 20.4. The number of hydrogen-bond acceptors (Lipinski definition) is 5. The van der Waals surface area contributed by atoms with E-state index in [0.717, 1.165) is 37.1 Å². The molecule has 0 saturated carbocycles. The summed E-state index contributed by atoms with van der Waals surface area (Å²) in [5, 5.41) is 9.69. The number of halogens is 1. The average molecular weight is 516 g/mol. The lowest BCUT2D eigenvalue weighted by Gasteiger charge is -2.19. The molecule has 2 heterocycles. The lowest BCUT2D eigenvalue weighted by atomic mass is 10.1. The number of carboxylic acid groups (broad SMARTS) is 1. The van der Waals surface area contributed by atoms with Crippen LogP contribution in [0, 0.1) is 12.7 Å². The summed E-state index contributed by atoms with van der Waals surface area (Å²) in [7, 11) is 0. The predicted octanol–water partition coefficient (Wildman–Crippen LogP) is 6.24. The molecule has 0 aromatic heterocycles. The number of carboxylic acids is 1. The third-order valence-corrected chi connectivity index (χ3v) is 7.49. The Morgan fingerprint density at radius 2 is 1.78 bits per heavy atom. The molecule has 1 N–H and O–H groups in total. The monoisotopic (exact) mass is 515 g/mol. The summed E-state index contributed by atoms with van der Waals surface area (Å²) >= 11 is 1.25. The lowest BCUT2D eigenvalue weighted by molar-refractivity contribution is -0.122. The van der Waals surface area contributed by atoms with Crippen molar-refractivity contribution in [3.8, 4) is 0 Å². The molecule has 0 unspecified atom stereocenters. The van der Waals surface area contributed by atoms with Gasteiger partial charge in [0.2, 0.25) is 0 Å². The van der Waals surface area contributed by atoms with Gasteiger partial charge < -0.3 is 10.0 Å². The molecule has 2 fully saturated rings. The first-order valence-corrected chi connectivity index (χ1v) is 12.9. The van der Waals surface area contributed by atoms with Crippen LogP contribution in [-0.4, -0.2) is 40.1 Å². The van der Waals surface area contributed by atoms with Crippen LogP contribution in [-0.2, 0) is 11.3 Å². The van der Waals surface area contributed by atoms with Crippen LogP contribution in [0.2, 0.25) is 0 Å². The number of amides is 1. The molecular weight excluding hydrogens is 489 g/mol. The van der Waals surface area contributed by atoms with Crippen LogP contribution in [0.15, 0.2) is 76.6 Å². The third kappa shape index (κ3) is 5.44. The summed E-state index contributed by atoms with van der Waals surface area (Å²) in [6.07, 6.45) is 3.86. The molecule has 188 valence electrons. The number of hydrogen-bond donors (Lipinski definition) is 1. The zero-order valence-corrected chi connectivity index (χ0v) is 21.2. The number of thioether (sulfide) groups is 1. The summed E-state index contributed by atoms with van der Waals surface area (Å²) in [6.45, 7) is 3.87. The maximum Gasteiger partial charge on any atom is 0.335 e. The molecule has 8 heteroatoms. The normalized spacial score (nSPS) is 17.8. The molecule has 0 spiro atoms. The van der Waals surface area contributed by atoms with Crippen molar-refractivity contribution in [2.75, 3.05) is 18.0 Å². The molecule has 3 aromatic carbocycles. The Morgan fingerprint density at radius 3 is 2.46 bits per heavy atom. The fraction of sp³-hybridized carbons (Fsp3) is 0.207. The number of anilines is 1. The Balaban J connectivity index is 1.47. The highest BCUT2D eigenvalue weighted by Gasteiger charge is 2.34. The minimum atomic E-state index is -1.01. The topological polar surface area (TPSA) is 73.2 Å². The molecule has 5 rings (SSSR count). The number of benzene rings is 3. The molecule has 0 radical (unpaired) electrons. The molecule has 37 heavy (non-hydrogen) atoms. The van der Waals surface area contributed by atoms with Gasteiger partial charge >= 0.3 is 5.97 Å². The van der Waals surface area contributed by atoms with Gasteiger partial charge in [-0.2, -0.15) is 0 Å². The van der Waals surface area contributed by atoms with Gasteiger partial charge in [-0.05, 0) is 90.7 Å². The van der Waals surface area contributed by atoms with Crippen LogP contribution >= 0.6 is 11.8 Å². The van der Waals surface area contributed by atoms with E-state index in [9.17, 15) is 14.7 Å². The van der Waals surface area contributed by atoms with E-state index in [2.05, 4.69) is 4.90 Å². The first-order chi connectivity index (χ1) is 17.9. The minimum absolute atomic E-state index is 0.180. The third-order valence-electron chi connectivity index (χ3n) is 6.48. The van der Waals surface area contributed by atoms with Crippen LogP contribution in [0.3, 0.4) is 0 Å². The van der Waals surface area contributed by atoms with Crippen LogP contribution in [0.5, 0.6) is 0 Å². The summed E-state index contributed by atoms with van der Waals surface area (Å²) in [5.74, 6) is -1.52. The van der Waals surface area contributed by atoms with E-state index in [0.29, 0.717) is 27.0 Å². The molecule has 0 aliphatic carbocycles. The zero-order chi connectivity index (χ0) is 25.9. The summed E-state index contributed by atoms with van der Waals surface area (Å²) in [4.78, 5) is 33.5. The van der Waals surface area contributed by atoms with Crippen LogP contribution in [0.1, 0.15) is 39.9 Å². The van der Waals surface area contributed by atoms with E-state index in [4.69, 9.17) is 4.99 Å². The molecule has 0 atom stereocenters. The summed E-state index contributed by atoms with van der Waals surface area (Å²) < 4.78 is 15.0. The lowest BCUT2D eigenvalue weighted by Crippen LogP contribution is -2.28. The van der Waals surface area contributed by atoms with Crippen LogP contribution in [0.25, 0.3) is 6.08 Å². The Hall–Kier alpha value is -3.91. The van der Waals surface area contributed by atoms with Crippen molar-refractivity contribution in [3.63, 3.8) is 0 Å². The van der Waals surface area contributed by atoms with Gasteiger partial charge in [0.1, 0.15) is 5.82 Å². The van der Waals surface area contributed by atoms with Crippen LogP contribution in [0.4, 0.5) is 15.8 Å². The maximum absolute atomic E-state index is 15.0. The highest BCUT2D eigenvalue weighted by molar-refractivity contribution is 8.18. The number of amidine groups is 1. The molecular formula is C29H26FN3O3S. The molecule has 2 aliphatic rings. The number of aryl methyl sites for hydroxylation is 1. The minimum Gasteiger partial charge on any atom is -0.478 e. The second-order valence-corrected chi connectivity index (χ2v) is 10.1. The fourth-order valence-electron chi connectivity index (χ4n) is 4.46. The van der Waals surface area contributed by atoms with E-state index >= 15 is 4.39 Å².